The van der Waals surface area contributed by atoms with Crippen LogP contribution in [0.15, 0.2) is 24.3 Å². The van der Waals surface area contributed by atoms with Gasteiger partial charge in [-0.1, -0.05) is 45.7 Å². The Bertz CT molecular complexity index is 487. The highest BCUT2D eigenvalue weighted by Gasteiger charge is 2.28. The van der Waals surface area contributed by atoms with Crippen LogP contribution in [0.1, 0.15) is 62.4 Å². The van der Waals surface area contributed by atoms with E-state index in [2.05, 4.69) is 32.9 Å². The summed E-state index contributed by atoms with van der Waals surface area (Å²) in [5.74, 6) is 0.0813. The molecular formula is C18H28N2O. The topological polar surface area (TPSA) is 46.3 Å². The minimum atomic E-state index is 0.0813. The van der Waals surface area contributed by atoms with Crippen LogP contribution >= 0.6 is 0 Å². The molecule has 1 fully saturated rings. The predicted molar refractivity (Wildman–Crippen MR) is 87.5 cm³/mol. The number of carbonyl (C=O) groups excluding carboxylic acids is 1. The first-order valence-electron chi connectivity index (χ1n) is 7.94. The summed E-state index contributed by atoms with van der Waals surface area (Å²) >= 11 is 0. The van der Waals surface area contributed by atoms with Gasteiger partial charge in [-0.2, -0.15) is 0 Å². The van der Waals surface area contributed by atoms with E-state index in [-0.39, 0.29) is 23.4 Å². The van der Waals surface area contributed by atoms with E-state index in [4.69, 9.17) is 5.73 Å². The maximum atomic E-state index is 12.6. The fraction of sp³-hybridized carbons (Fsp3) is 0.611. The lowest BCUT2D eigenvalue weighted by Crippen LogP contribution is -2.50. The summed E-state index contributed by atoms with van der Waals surface area (Å²) < 4.78 is 0. The molecule has 0 bridgehead atoms. The smallest absolute Gasteiger partial charge is 0.253 e. The van der Waals surface area contributed by atoms with Gasteiger partial charge in [0, 0.05) is 24.7 Å². The zero-order valence-electron chi connectivity index (χ0n) is 13.7. The number of nitrogens with two attached hydrogens (primary N) is 1. The van der Waals surface area contributed by atoms with E-state index in [1.165, 1.54) is 18.4 Å². The predicted octanol–water partition coefficient (Wildman–Crippen LogP) is 3.33. The van der Waals surface area contributed by atoms with Gasteiger partial charge in [0.2, 0.25) is 0 Å². The summed E-state index contributed by atoms with van der Waals surface area (Å²) in [6.45, 7) is 6.53. The Kier molecular flexibility index (Phi) is 4.72. The van der Waals surface area contributed by atoms with Gasteiger partial charge in [0.15, 0.2) is 0 Å². The van der Waals surface area contributed by atoms with Crippen LogP contribution in [0.2, 0.25) is 0 Å². The van der Waals surface area contributed by atoms with Crippen LogP contribution in [-0.4, -0.2) is 29.9 Å². The summed E-state index contributed by atoms with van der Waals surface area (Å²) in [6.07, 6.45) is 4.38. The Balaban J connectivity index is 2.12. The van der Waals surface area contributed by atoms with Gasteiger partial charge >= 0.3 is 0 Å². The number of hydrogen-bond donors (Lipinski definition) is 1. The molecule has 1 amide bonds. The molecule has 1 aromatic carbocycles. The zero-order valence-corrected chi connectivity index (χ0v) is 13.7. The molecule has 0 aliphatic heterocycles. The molecule has 2 atom stereocenters. The standard InChI is InChI=1S/C18H28N2O/c1-18(2,3)14-11-9-13(10-12-14)17(21)20(4)16-8-6-5-7-15(16)19/h9-12,15-16H,5-8,19H2,1-4H3. The first-order chi connectivity index (χ1) is 9.80. The molecule has 1 saturated carbocycles. The molecule has 0 saturated heterocycles. The third-order valence-electron chi connectivity index (χ3n) is 4.60. The van der Waals surface area contributed by atoms with Crippen molar-refractivity contribution in [2.45, 2.75) is 64.0 Å². The van der Waals surface area contributed by atoms with Crippen LogP contribution in [-0.2, 0) is 5.41 Å². The molecule has 2 N–H and O–H groups in total. The molecule has 1 aliphatic rings. The van der Waals surface area contributed by atoms with Crippen molar-refractivity contribution < 1.29 is 4.79 Å². The lowest BCUT2D eigenvalue weighted by Gasteiger charge is -2.36. The number of hydrogen-bond acceptors (Lipinski definition) is 2. The molecule has 2 rings (SSSR count). The van der Waals surface area contributed by atoms with Crippen molar-refractivity contribution in [3.63, 3.8) is 0 Å². The van der Waals surface area contributed by atoms with E-state index in [9.17, 15) is 4.79 Å². The van der Waals surface area contributed by atoms with Crippen molar-refractivity contribution in [2.24, 2.45) is 5.73 Å². The second-order valence-electron chi connectivity index (χ2n) is 7.26. The highest BCUT2D eigenvalue weighted by molar-refractivity contribution is 5.94. The number of benzene rings is 1. The second-order valence-corrected chi connectivity index (χ2v) is 7.26. The van der Waals surface area contributed by atoms with Crippen LogP contribution in [0.4, 0.5) is 0 Å². The summed E-state index contributed by atoms with van der Waals surface area (Å²) in [5.41, 5.74) is 8.29. The third-order valence-corrected chi connectivity index (χ3v) is 4.60. The lowest BCUT2D eigenvalue weighted by atomic mass is 9.86. The molecule has 0 aromatic heterocycles. The quantitative estimate of drug-likeness (QED) is 0.907. The summed E-state index contributed by atoms with van der Waals surface area (Å²) in [4.78, 5) is 14.5. The number of likely N-dealkylation sites (N-methyl/N-ethyl adjacent to an activating group) is 1. The van der Waals surface area contributed by atoms with Gasteiger partial charge < -0.3 is 10.6 Å². The fourth-order valence-corrected chi connectivity index (χ4v) is 3.09. The maximum absolute atomic E-state index is 12.6. The monoisotopic (exact) mass is 288 g/mol. The molecule has 0 radical (unpaired) electrons. The van der Waals surface area contributed by atoms with E-state index in [0.717, 1.165) is 18.4 Å². The molecule has 1 aliphatic carbocycles. The van der Waals surface area contributed by atoms with Crippen LogP contribution in [0, 0.1) is 0 Å². The average Bonchev–Trinajstić information content (AvgIpc) is 2.45. The number of rotatable bonds is 2. The number of amides is 1. The molecule has 0 heterocycles. The van der Waals surface area contributed by atoms with Crippen LogP contribution in [0.25, 0.3) is 0 Å². The van der Waals surface area contributed by atoms with Crippen LogP contribution < -0.4 is 5.73 Å². The van der Waals surface area contributed by atoms with Gasteiger partial charge in [-0.05, 0) is 36.0 Å². The largest absolute Gasteiger partial charge is 0.337 e. The summed E-state index contributed by atoms with van der Waals surface area (Å²) in [5, 5.41) is 0. The van der Waals surface area contributed by atoms with Crippen molar-refractivity contribution >= 4 is 5.91 Å². The van der Waals surface area contributed by atoms with E-state index < -0.39 is 0 Å². The number of carbonyl (C=O) groups is 1. The Labute approximate surface area is 128 Å². The van der Waals surface area contributed by atoms with Crippen LogP contribution in [0.3, 0.4) is 0 Å². The Morgan fingerprint density at radius 3 is 2.24 bits per heavy atom. The van der Waals surface area contributed by atoms with Crippen molar-refractivity contribution in [3.8, 4) is 0 Å². The highest BCUT2D eigenvalue weighted by Crippen LogP contribution is 2.24. The average molecular weight is 288 g/mol. The summed E-state index contributed by atoms with van der Waals surface area (Å²) in [6, 6.07) is 8.28. The molecule has 3 heteroatoms. The third kappa shape index (κ3) is 3.65. The van der Waals surface area contributed by atoms with E-state index >= 15 is 0 Å². The second kappa shape index (κ2) is 6.18. The molecule has 116 valence electrons. The molecule has 2 unspecified atom stereocenters. The zero-order chi connectivity index (χ0) is 15.6. The van der Waals surface area contributed by atoms with E-state index in [0.29, 0.717) is 0 Å². The minimum absolute atomic E-state index is 0.0813. The van der Waals surface area contributed by atoms with Gasteiger partial charge in [-0.15, -0.1) is 0 Å². The molecule has 0 spiro atoms. The van der Waals surface area contributed by atoms with Gasteiger partial charge in [0.1, 0.15) is 0 Å². The lowest BCUT2D eigenvalue weighted by molar-refractivity contribution is 0.0672. The number of nitrogens with zero attached hydrogens (tertiary/aromatic N) is 1. The Morgan fingerprint density at radius 1 is 1.14 bits per heavy atom. The van der Waals surface area contributed by atoms with Gasteiger partial charge in [0.05, 0.1) is 0 Å². The van der Waals surface area contributed by atoms with Crippen molar-refractivity contribution in [2.75, 3.05) is 7.05 Å². The van der Waals surface area contributed by atoms with Crippen molar-refractivity contribution in [1.29, 1.82) is 0 Å². The van der Waals surface area contributed by atoms with E-state index in [1.807, 2.05) is 24.1 Å². The minimum Gasteiger partial charge on any atom is -0.337 e. The Morgan fingerprint density at radius 2 is 1.71 bits per heavy atom. The van der Waals surface area contributed by atoms with Gasteiger partial charge in [-0.3, -0.25) is 4.79 Å². The highest BCUT2D eigenvalue weighted by atomic mass is 16.2. The molecule has 21 heavy (non-hydrogen) atoms. The molecule has 1 aromatic rings. The first-order valence-corrected chi connectivity index (χ1v) is 7.94. The maximum Gasteiger partial charge on any atom is 0.253 e. The van der Waals surface area contributed by atoms with Crippen LogP contribution in [0.5, 0.6) is 0 Å². The van der Waals surface area contributed by atoms with E-state index in [1.54, 1.807) is 0 Å². The Hall–Kier alpha value is -1.35. The van der Waals surface area contributed by atoms with Gasteiger partial charge in [0.25, 0.3) is 5.91 Å². The van der Waals surface area contributed by atoms with Crippen molar-refractivity contribution in [3.05, 3.63) is 35.4 Å². The first kappa shape index (κ1) is 16.0. The molecular weight excluding hydrogens is 260 g/mol. The van der Waals surface area contributed by atoms with Crippen molar-refractivity contribution in [1.82, 2.24) is 4.90 Å². The molecule has 3 nitrogen and oxygen atoms in total. The normalized spacial score (nSPS) is 22.9. The SMILES string of the molecule is CN(C(=O)c1ccc(C(C)(C)C)cc1)C1CCCCC1N. The summed E-state index contributed by atoms with van der Waals surface area (Å²) in [7, 11) is 1.88. The fourth-order valence-electron chi connectivity index (χ4n) is 3.09. The van der Waals surface area contributed by atoms with Gasteiger partial charge in [-0.25, -0.2) is 0 Å².